The van der Waals surface area contributed by atoms with E-state index in [1.54, 1.807) is 47.9 Å². The summed E-state index contributed by atoms with van der Waals surface area (Å²) in [5.41, 5.74) is 3.17. The monoisotopic (exact) mass is 424 g/mol. The first-order chi connectivity index (χ1) is 14.3. The third-order valence-corrected chi connectivity index (χ3v) is 6.64. The van der Waals surface area contributed by atoms with E-state index in [0.717, 1.165) is 11.1 Å². The van der Waals surface area contributed by atoms with Gasteiger partial charge in [-0.3, -0.25) is 8.71 Å². The van der Waals surface area contributed by atoms with Crippen LogP contribution in [0.4, 0.5) is 10.1 Å². The van der Waals surface area contributed by atoms with Crippen LogP contribution in [0.1, 0.15) is 22.5 Å². The quantitative estimate of drug-likeness (QED) is 0.482. The number of nitrogens with zero attached hydrogens (tertiary/aromatic N) is 4. The van der Waals surface area contributed by atoms with Gasteiger partial charge < -0.3 is 0 Å². The van der Waals surface area contributed by atoms with Gasteiger partial charge in [0.05, 0.1) is 12.2 Å². The van der Waals surface area contributed by atoms with Crippen molar-refractivity contribution < 1.29 is 12.8 Å². The minimum Gasteiger partial charge on any atom is -0.286 e. The predicted octanol–water partition coefficient (Wildman–Crippen LogP) is 4.19. The highest BCUT2D eigenvalue weighted by Crippen LogP contribution is 2.29. The molecule has 2 aromatic heterocycles. The molecular formula is C22H21FN4O2S. The van der Waals surface area contributed by atoms with E-state index in [-0.39, 0.29) is 17.1 Å². The van der Waals surface area contributed by atoms with Crippen LogP contribution < -0.4 is 4.31 Å². The molecule has 0 saturated carbocycles. The van der Waals surface area contributed by atoms with Crippen molar-refractivity contribution in [1.29, 1.82) is 0 Å². The van der Waals surface area contributed by atoms with Gasteiger partial charge >= 0.3 is 0 Å². The van der Waals surface area contributed by atoms with Gasteiger partial charge in [-0.25, -0.2) is 12.8 Å². The first kappa shape index (κ1) is 20.0. The maximum atomic E-state index is 13.8. The Hall–Kier alpha value is -3.26. The van der Waals surface area contributed by atoms with Gasteiger partial charge in [-0.2, -0.15) is 0 Å². The summed E-state index contributed by atoms with van der Waals surface area (Å²) in [6, 6.07) is 14.7. The standard InChI is InChI=1S/C22H21FN4O2S/c1-15-10-16(2)12-20(11-15)27(14-18-6-4-7-19(23)13-18)30(28,29)21-8-5-9-26-17(3)24-25-22(21)26/h4-13H,14H2,1-3H3. The smallest absolute Gasteiger partial charge is 0.268 e. The molecule has 6 nitrogen and oxygen atoms in total. The number of aryl methyl sites for hydroxylation is 3. The molecule has 0 aliphatic rings. The molecule has 0 unspecified atom stereocenters. The molecule has 0 saturated heterocycles. The van der Waals surface area contributed by atoms with Crippen LogP contribution in [0, 0.1) is 26.6 Å². The van der Waals surface area contributed by atoms with Crippen molar-refractivity contribution in [3.63, 3.8) is 0 Å². The molecule has 2 heterocycles. The molecule has 2 aromatic carbocycles. The fourth-order valence-corrected chi connectivity index (χ4v) is 5.10. The van der Waals surface area contributed by atoms with E-state index in [2.05, 4.69) is 10.2 Å². The summed E-state index contributed by atoms with van der Waals surface area (Å²) >= 11 is 0. The van der Waals surface area contributed by atoms with Crippen LogP contribution in [-0.4, -0.2) is 23.0 Å². The number of fused-ring (bicyclic) bond motifs is 1. The van der Waals surface area contributed by atoms with E-state index in [1.165, 1.54) is 22.5 Å². The van der Waals surface area contributed by atoms with E-state index >= 15 is 0 Å². The largest absolute Gasteiger partial charge is 0.286 e. The maximum Gasteiger partial charge on any atom is 0.268 e. The first-order valence-electron chi connectivity index (χ1n) is 9.41. The van der Waals surface area contributed by atoms with Gasteiger partial charge in [0.25, 0.3) is 10.0 Å². The van der Waals surface area contributed by atoms with Crippen LogP contribution in [0.3, 0.4) is 0 Å². The van der Waals surface area contributed by atoms with Gasteiger partial charge in [0.15, 0.2) is 5.65 Å². The van der Waals surface area contributed by atoms with Crippen molar-refractivity contribution >= 4 is 21.4 Å². The number of anilines is 1. The van der Waals surface area contributed by atoms with Crippen LogP contribution >= 0.6 is 0 Å². The zero-order chi connectivity index (χ0) is 21.5. The lowest BCUT2D eigenvalue weighted by atomic mass is 10.1. The van der Waals surface area contributed by atoms with Crippen molar-refractivity contribution in [2.75, 3.05) is 4.31 Å². The van der Waals surface area contributed by atoms with Crippen molar-refractivity contribution in [1.82, 2.24) is 14.6 Å². The van der Waals surface area contributed by atoms with Gasteiger partial charge in [-0.05, 0) is 73.9 Å². The fraction of sp³-hybridized carbons (Fsp3) is 0.182. The molecule has 30 heavy (non-hydrogen) atoms. The molecule has 0 atom stereocenters. The molecule has 4 rings (SSSR count). The van der Waals surface area contributed by atoms with Gasteiger partial charge in [0.1, 0.15) is 16.5 Å². The van der Waals surface area contributed by atoms with Crippen molar-refractivity contribution in [2.24, 2.45) is 0 Å². The van der Waals surface area contributed by atoms with Crippen LogP contribution in [0.2, 0.25) is 0 Å². The first-order valence-corrected chi connectivity index (χ1v) is 10.9. The lowest BCUT2D eigenvalue weighted by Gasteiger charge is -2.25. The number of hydrogen-bond acceptors (Lipinski definition) is 4. The number of aromatic nitrogens is 3. The summed E-state index contributed by atoms with van der Waals surface area (Å²) in [6.45, 7) is 5.56. The molecule has 0 radical (unpaired) electrons. The Bertz CT molecular complexity index is 1330. The third kappa shape index (κ3) is 3.66. The SMILES string of the molecule is Cc1cc(C)cc(N(Cc2cccc(F)c2)S(=O)(=O)c2cccn3c(C)nnc23)c1. The second-order valence-corrected chi connectivity index (χ2v) is 9.13. The summed E-state index contributed by atoms with van der Waals surface area (Å²) in [7, 11) is -4.02. The molecule has 0 fully saturated rings. The lowest BCUT2D eigenvalue weighted by Crippen LogP contribution is -2.31. The number of pyridine rings is 1. The summed E-state index contributed by atoms with van der Waals surface area (Å²) in [4.78, 5) is 0.0427. The molecule has 8 heteroatoms. The number of sulfonamides is 1. The van der Waals surface area contributed by atoms with Crippen LogP contribution in [0.25, 0.3) is 5.65 Å². The number of halogens is 1. The maximum absolute atomic E-state index is 13.8. The minimum absolute atomic E-state index is 0.0167. The fourth-order valence-electron chi connectivity index (χ4n) is 3.54. The van der Waals surface area contributed by atoms with Crippen LogP contribution in [0.15, 0.2) is 65.7 Å². The van der Waals surface area contributed by atoms with E-state index in [0.29, 0.717) is 17.1 Å². The Morgan fingerprint density at radius 2 is 1.70 bits per heavy atom. The normalized spacial score (nSPS) is 11.7. The highest BCUT2D eigenvalue weighted by molar-refractivity contribution is 7.93. The Morgan fingerprint density at radius 1 is 0.967 bits per heavy atom. The zero-order valence-corrected chi connectivity index (χ0v) is 17.7. The topological polar surface area (TPSA) is 67.6 Å². The van der Waals surface area contributed by atoms with E-state index in [1.807, 2.05) is 19.9 Å². The van der Waals surface area contributed by atoms with E-state index in [9.17, 15) is 12.8 Å². The highest BCUT2D eigenvalue weighted by Gasteiger charge is 2.29. The lowest BCUT2D eigenvalue weighted by molar-refractivity contribution is 0.590. The Balaban J connectivity index is 1.91. The second kappa shape index (κ2) is 7.53. The molecular weight excluding hydrogens is 403 g/mol. The number of benzene rings is 2. The minimum atomic E-state index is -4.02. The van der Waals surface area contributed by atoms with Crippen molar-refractivity contribution in [3.8, 4) is 0 Å². The molecule has 0 N–H and O–H groups in total. The second-order valence-electron chi connectivity index (χ2n) is 7.30. The molecule has 4 aromatic rings. The van der Waals surface area contributed by atoms with Crippen LogP contribution in [-0.2, 0) is 16.6 Å². The summed E-state index contributed by atoms with van der Waals surface area (Å²) < 4.78 is 44.4. The summed E-state index contributed by atoms with van der Waals surface area (Å²) in [6.07, 6.45) is 1.72. The van der Waals surface area contributed by atoms with Crippen molar-refractivity contribution in [2.45, 2.75) is 32.2 Å². The van der Waals surface area contributed by atoms with Gasteiger partial charge in [0, 0.05) is 6.20 Å². The van der Waals surface area contributed by atoms with Gasteiger partial charge in [-0.15, -0.1) is 10.2 Å². The molecule has 0 bridgehead atoms. The number of rotatable bonds is 5. The molecule has 0 spiro atoms. The summed E-state index contributed by atoms with van der Waals surface area (Å²) in [5, 5.41) is 8.07. The van der Waals surface area contributed by atoms with E-state index < -0.39 is 15.8 Å². The molecule has 154 valence electrons. The Labute approximate surface area is 174 Å². The van der Waals surface area contributed by atoms with Crippen molar-refractivity contribution in [3.05, 3.63) is 89.1 Å². The van der Waals surface area contributed by atoms with Gasteiger partial charge in [0.2, 0.25) is 0 Å². The third-order valence-electron chi connectivity index (χ3n) is 4.85. The average molecular weight is 425 g/mol. The van der Waals surface area contributed by atoms with E-state index in [4.69, 9.17) is 0 Å². The Morgan fingerprint density at radius 3 is 2.40 bits per heavy atom. The number of hydrogen-bond donors (Lipinski definition) is 0. The van der Waals surface area contributed by atoms with Crippen LogP contribution in [0.5, 0.6) is 0 Å². The molecule has 0 amide bonds. The molecule has 0 aliphatic heterocycles. The average Bonchev–Trinajstić information content (AvgIpc) is 3.06. The highest BCUT2D eigenvalue weighted by atomic mass is 32.2. The summed E-state index contributed by atoms with van der Waals surface area (Å²) in [5.74, 6) is 0.172. The molecule has 0 aliphatic carbocycles. The van der Waals surface area contributed by atoms with Gasteiger partial charge in [-0.1, -0.05) is 18.2 Å². The zero-order valence-electron chi connectivity index (χ0n) is 16.9. The Kier molecular flexibility index (Phi) is 5.03. The predicted molar refractivity (Wildman–Crippen MR) is 113 cm³/mol.